The number of carbonyl (C=O) groups is 1. The maximum absolute atomic E-state index is 14.0. The molecule has 1 aliphatic rings. The SMILES string of the molecule is COc1cccc2c(CCNC3COc4c(F)ccc(C(N)=O)c4C3)coc12. The molecule has 0 spiro atoms. The van der Waals surface area contributed by atoms with Crippen LogP contribution in [0.4, 0.5) is 4.39 Å². The summed E-state index contributed by atoms with van der Waals surface area (Å²) in [4.78, 5) is 11.6. The van der Waals surface area contributed by atoms with E-state index in [2.05, 4.69) is 5.32 Å². The van der Waals surface area contributed by atoms with Crippen LogP contribution in [0, 0.1) is 5.82 Å². The fourth-order valence-electron chi connectivity index (χ4n) is 3.66. The summed E-state index contributed by atoms with van der Waals surface area (Å²) in [5.41, 5.74) is 8.05. The normalized spacial score (nSPS) is 15.9. The summed E-state index contributed by atoms with van der Waals surface area (Å²) in [5.74, 6) is -0.228. The summed E-state index contributed by atoms with van der Waals surface area (Å²) in [6.07, 6.45) is 2.96. The Labute approximate surface area is 161 Å². The molecule has 6 nitrogen and oxygen atoms in total. The number of furan rings is 1. The van der Waals surface area contributed by atoms with Crippen molar-refractivity contribution in [1.82, 2.24) is 5.32 Å². The van der Waals surface area contributed by atoms with Gasteiger partial charge in [-0.3, -0.25) is 4.79 Å². The molecule has 0 aliphatic carbocycles. The number of rotatable bonds is 6. The number of hydrogen-bond donors (Lipinski definition) is 2. The molecular formula is C21H21FN2O4. The average Bonchev–Trinajstić information content (AvgIpc) is 3.11. The Hall–Kier alpha value is -3.06. The number of para-hydroxylation sites is 1. The van der Waals surface area contributed by atoms with Crippen molar-refractivity contribution in [1.29, 1.82) is 0 Å². The minimum absolute atomic E-state index is 0.0416. The monoisotopic (exact) mass is 384 g/mol. The number of halogens is 1. The lowest BCUT2D eigenvalue weighted by Gasteiger charge is -2.27. The second-order valence-corrected chi connectivity index (χ2v) is 6.78. The zero-order valence-electron chi connectivity index (χ0n) is 15.5. The van der Waals surface area contributed by atoms with Gasteiger partial charge < -0.3 is 24.9 Å². The maximum atomic E-state index is 14.0. The highest BCUT2D eigenvalue weighted by atomic mass is 19.1. The third-order valence-corrected chi connectivity index (χ3v) is 5.05. The Bertz CT molecular complexity index is 1030. The molecule has 1 aromatic heterocycles. The first-order chi connectivity index (χ1) is 13.6. The highest BCUT2D eigenvalue weighted by molar-refractivity contribution is 5.95. The first-order valence-corrected chi connectivity index (χ1v) is 9.09. The van der Waals surface area contributed by atoms with Crippen molar-refractivity contribution < 1.29 is 23.1 Å². The second kappa shape index (κ2) is 7.52. The van der Waals surface area contributed by atoms with E-state index in [9.17, 15) is 9.18 Å². The predicted octanol–water partition coefficient (Wildman–Crippen LogP) is 2.82. The summed E-state index contributed by atoms with van der Waals surface area (Å²) in [6, 6.07) is 8.37. The van der Waals surface area contributed by atoms with E-state index < -0.39 is 11.7 Å². The number of ether oxygens (including phenoxy) is 2. The van der Waals surface area contributed by atoms with Crippen molar-refractivity contribution in [2.75, 3.05) is 20.3 Å². The molecule has 0 saturated heterocycles. The number of carbonyl (C=O) groups excluding carboxylic acids is 1. The molecule has 0 radical (unpaired) electrons. The zero-order chi connectivity index (χ0) is 19.7. The minimum Gasteiger partial charge on any atom is -0.493 e. The summed E-state index contributed by atoms with van der Waals surface area (Å²) in [6.45, 7) is 1.00. The number of primary amides is 1. The van der Waals surface area contributed by atoms with Crippen molar-refractivity contribution in [2.24, 2.45) is 5.73 Å². The zero-order valence-corrected chi connectivity index (χ0v) is 15.5. The average molecular weight is 384 g/mol. The molecule has 1 aliphatic heterocycles. The van der Waals surface area contributed by atoms with Gasteiger partial charge in [0.1, 0.15) is 6.61 Å². The molecule has 1 atom stereocenters. The fourth-order valence-corrected chi connectivity index (χ4v) is 3.66. The summed E-state index contributed by atoms with van der Waals surface area (Å²) in [5, 5.41) is 4.43. The van der Waals surface area contributed by atoms with E-state index in [1.54, 1.807) is 13.4 Å². The van der Waals surface area contributed by atoms with Gasteiger partial charge >= 0.3 is 0 Å². The Morgan fingerprint density at radius 2 is 2.21 bits per heavy atom. The van der Waals surface area contributed by atoms with Crippen LogP contribution in [0.2, 0.25) is 0 Å². The van der Waals surface area contributed by atoms with Crippen LogP contribution in [0.15, 0.2) is 41.0 Å². The summed E-state index contributed by atoms with van der Waals surface area (Å²) < 4.78 is 30.5. The molecule has 4 rings (SSSR count). The Morgan fingerprint density at radius 1 is 1.36 bits per heavy atom. The van der Waals surface area contributed by atoms with Gasteiger partial charge in [-0.25, -0.2) is 4.39 Å². The summed E-state index contributed by atoms with van der Waals surface area (Å²) in [7, 11) is 1.61. The second-order valence-electron chi connectivity index (χ2n) is 6.78. The van der Waals surface area contributed by atoms with E-state index in [1.807, 2.05) is 18.2 Å². The first-order valence-electron chi connectivity index (χ1n) is 9.09. The molecule has 0 fully saturated rings. The van der Waals surface area contributed by atoms with Crippen LogP contribution in [0.1, 0.15) is 21.5 Å². The third kappa shape index (κ3) is 3.29. The van der Waals surface area contributed by atoms with Gasteiger partial charge in [0.15, 0.2) is 22.9 Å². The number of benzene rings is 2. The number of methoxy groups -OCH3 is 1. The number of amides is 1. The molecular weight excluding hydrogens is 363 g/mol. The topological polar surface area (TPSA) is 86.7 Å². The molecule has 3 N–H and O–H groups in total. The lowest BCUT2D eigenvalue weighted by molar-refractivity contribution is 0.0997. The first kappa shape index (κ1) is 18.3. The van der Waals surface area contributed by atoms with Crippen molar-refractivity contribution in [3.63, 3.8) is 0 Å². The van der Waals surface area contributed by atoms with Crippen LogP contribution in [-0.4, -0.2) is 32.2 Å². The largest absolute Gasteiger partial charge is 0.493 e. The molecule has 2 aromatic carbocycles. The molecule has 3 aromatic rings. The van der Waals surface area contributed by atoms with E-state index in [4.69, 9.17) is 19.6 Å². The van der Waals surface area contributed by atoms with Crippen molar-refractivity contribution >= 4 is 16.9 Å². The van der Waals surface area contributed by atoms with Crippen LogP contribution in [0.25, 0.3) is 11.0 Å². The molecule has 146 valence electrons. The smallest absolute Gasteiger partial charge is 0.249 e. The van der Waals surface area contributed by atoms with Crippen molar-refractivity contribution in [3.8, 4) is 11.5 Å². The Morgan fingerprint density at radius 3 is 3.00 bits per heavy atom. The lowest BCUT2D eigenvalue weighted by Crippen LogP contribution is -2.41. The lowest BCUT2D eigenvalue weighted by atomic mass is 9.96. The van der Waals surface area contributed by atoms with Gasteiger partial charge in [-0.2, -0.15) is 0 Å². The van der Waals surface area contributed by atoms with Gasteiger partial charge in [0, 0.05) is 22.6 Å². The summed E-state index contributed by atoms with van der Waals surface area (Å²) >= 11 is 0. The fraction of sp³-hybridized carbons (Fsp3) is 0.286. The van der Waals surface area contributed by atoms with Crippen LogP contribution >= 0.6 is 0 Å². The van der Waals surface area contributed by atoms with E-state index in [0.29, 0.717) is 36.4 Å². The van der Waals surface area contributed by atoms with Gasteiger partial charge in [-0.05, 0) is 43.1 Å². The van der Waals surface area contributed by atoms with Crippen LogP contribution in [0.3, 0.4) is 0 Å². The van der Waals surface area contributed by atoms with Gasteiger partial charge in [-0.1, -0.05) is 12.1 Å². The Balaban J connectivity index is 1.44. The maximum Gasteiger partial charge on any atom is 0.249 e. The van der Waals surface area contributed by atoms with E-state index >= 15 is 0 Å². The molecule has 0 saturated carbocycles. The van der Waals surface area contributed by atoms with Crippen molar-refractivity contribution in [3.05, 3.63) is 59.1 Å². The van der Waals surface area contributed by atoms with E-state index in [0.717, 1.165) is 23.0 Å². The quantitative estimate of drug-likeness (QED) is 0.683. The molecule has 1 amide bonds. The van der Waals surface area contributed by atoms with E-state index in [-0.39, 0.29) is 11.8 Å². The van der Waals surface area contributed by atoms with Gasteiger partial charge in [-0.15, -0.1) is 0 Å². The van der Waals surface area contributed by atoms with Crippen LogP contribution < -0.4 is 20.5 Å². The van der Waals surface area contributed by atoms with Gasteiger partial charge in [0.05, 0.1) is 13.4 Å². The van der Waals surface area contributed by atoms with Crippen LogP contribution in [0.5, 0.6) is 11.5 Å². The standard InChI is InChI=1S/C21H21FN2O4/c1-26-18-4-2-3-14-12(10-27-20(14)18)7-8-24-13-9-16-15(21(23)25)5-6-17(22)19(16)28-11-13/h2-6,10,13,24H,7-9,11H2,1H3,(H2,23,25). The van der Waals surface area contributed by atoms with Gasteiger partial charge in [0.2, 0.25) is 5.91 Å². The molecule has 28 heavy (non-hydrogen) atoms. The van der Waals surface area contributed by atoms with Crippen LogP contribution in [-0.2, 0) is 12.8 Å². The van der Waals surface area contributed by atoms with E-state index in [1.165, 1.54) is 12.1 Å². The predicted molar refractivity (Wildman–Crippen MR) is 102 cm³/mol. The molecule has 2 heterocycles. The number of nitrogens with one attached hydrogen (secondary N) is 1. The highest BCUT2D eigenvalue weighted by Crippen LogP contribution is 2.31. The van der Waals surface area contributed by atoms with Gasteiger partial charge in [0.25, 0.3) is 0 Å². The molecule has 1 unspecified atom stereocenters. The van der Waals surface area contributed by atoms with Crippen molar-refractivity contribution in [2.45, 2.75) is 18.9 Å². The number of hydrogen-bond acceptors (Lipinski definition) is 5. The number of nitrogens with two attached hydrogens (primary N) is 1. The highest BCUT2D eigenvalue weighted by Gasteiger charge is 2.26. The molecule has 0 bridgehead atoms. The molecule has 7 heteroatoms. The minimum atomic E-state index is -0.584. The third-order valence-electron chi connectivity index (χ3n) is 5.05. The number of fused-ring (bicyclic) bond motifs is 2. The Kier molecular flexibility index (Phi) is 4.92.